The number of hydrogen-bond donors (Lipinski definition) is 3. The van der Waals surface area contributed by atoms with Crippen molar-refractivity contribution in [3.05, 3.63) is 36.0 Å². The average Bonchev–Trinajstić information content (AvgIpc) is 3.15. The summed E-state index contributed by atoms with van der Waals surface area (Å²) in [5.41, 5.74) is 1.28. The molecule has 1 aromatic heterocycles. The number of imide groups is 1. The molecular formula is C23H30N4O3. The van der Waals surface area contributed by atoms with Crippen LogP contribution in [0.25, 0.3) is 10.9 Å². The van der Waals surface area contributed by atoms with Gasteiger partial charge in [0.2, 0.25) is 5.91 Å². The molecule has 0 unspecified atom stereocenters. The largest absolute Gasteiger partial charge is 0.361 e. The molecule has 1 spiro atoms. The quantitative estimate of drug-likeness (QED) is 0.662. The zero-order chi connectivity index (χ0) is 21.5. The third kappa shape index (κ3) is 3.80. The van der Waals surface area contributed by atoms with Crippen molar-refractivity contribution in [3.63, 3.8) is 0 Å². The second-order valence-electron chi connectivity index (χ2n) is 9.72. The zero-order valence-electron chi connectivity index (χ0n) is 17.9. The smallest absolute Gasteiger partial charge is 0.325 e. The standard InChI is InChI=1S/C23H30N4O3/c1-15-10-22(2,3)14-23(11-15)20(29)27(21(30)26-23)13-19(28)24-9-8-16-12-25-18-7-5-4-6-17(16)18/h4-7,12,15,25H,8-11,13-14H2,1-3H3,(H,24,28)(H,26,30)/t15-,23-/m0/s1. The van der Waals surface area contributed by atoms with Crippen molar-refractivity contribution in [2.24, 2.45) is 11.3 Å². The van der Waals surface area contributed by atoms with E-state index in [1.165, 1.54) is 0 Å². The Morgan fingerprint density at radius 3 is 2.77 bits per heavy atom. The number of amides is 4. The highest BCUT2D eigenvalue weighted by Crippen LogP contribution is 2.46. The Bertz CT molecular complexity index is 995. The summed E-state index contributed by atoms with van der Waals surface area (Å²) in [5.74, 6) is -0.250. The molecule has 4 rings (SSSR count). The molecule has 1 saturated carbocycles. The zero-order valence-corrected chi connectivity index (χ0v) is 17.9. The van der Waals surface area contributed by atoms with Crippen LogP contribution in [0.2, 0.25) is 0 Å². The van der Waals surface area contributed by atoms with Crippen LogP contribution in [-0.2, 0) is 16.0 Å². The molecule has 2 aromatic rings. The van der Waals surface area contributed by atoms with Gasteiger partial charge in [0, 0.05) is 23.6 Å². The van der Waals surface area contributed by atoms with E-state index in [-0.39, 0.29) is 23.8 Å². The fourth-order valence-corrected chi connectivity index (χ4v) is 5.52. The fourth-order valence-electron chi connectivity index (χ4n) is 5.52. The van der Waals surface area contributed by atoms with Gasteiger partial charge in [0.05, 0.1) is 0 Å². The number of hydrogen-bond acceptors (Lipinski definition) is 3. The number of para-hydroxylation sites is 1. The Hall–Kier alpha value is -2.83. The molecule has 3 N–H and O–H groups in total. The van der Waals surface area contributed by atoms with Gasteiger partial charge in [-0.25, -0.2) is 4.79 Å². The van der Waals surface area contributed by atoms with Crippen molar-refractivity contribution in [2.75, 3.05) is 13.1 Å². The highest BCUT2D eigenvalue weighted by atomic mass is 16.2. The molecule has 2 atom stereocenters. The lowest BCUT2D eigenvalue weighted by atomic mass is 9.64. The topological polar surface area (TPSA) is 94.3 Å². The maximum atomic E-state index is 13.1. The number of rotatable bonds is 5. The molecule has 2 fully saturated rings. The summed E-state index contributed by atoms with van der Waals surface area (Å²) in [6.07, 6.45) is 4.87. The molecule has 30 heavy (non-hydrogen) atoms. The maximum Gasteiger partial charge on any atom is 0.325 e. The van der Waals surface area contributed by atoms with Crippen LogP contribution in [0.5, 0.6) is 0 Å². The van der Waals surface area contributed by atoms with Crippen LogP contribution in [0.4, 0.5) is 4.79 Å². The molecule has 1 saturated heterocycles. The maximum absolute atomic E-state index is 13.1. The number of nitrogens with one attached hydrogen (secondary N) is 3. The molecular weight excluding hydrogens is 380 g/mol. The molecule has 2 aliphatic rings. The fraction of sp³-hybridized carbons (Fsp3) is 0.522. The van der Waals surface area contributed by atoms with Crippen molar-refractivity contribution >= 4 is 28.7 Å². The molecule has 1 aliphatic heterocycles. The van der Waals surface area contributed by atoms with Crippen LogP contribution in [0.1, 0.15) is 45.6 Å². The summed E-state index contributed by atoms with van der Waals surface area (Å²) in [5, 5.41) is 6.89. The van der Waals surface area contributed by atoms with Crippen molar-refractivity contribution < 1.29 is 14.4 Å². The van der Waals surface area contributed by atoms with Gasteiger partial charge in [-0.05, 0) is 48.6 Å². The molecule has 1 aromatic carbocycles. The Balaban J connectivity index is 1.35. The molecule has 4 amide bonds. The first-order valence-corrected chi connectivity index (χ1v) is 10.6. The van der Waals surface area contributed by atoms with Gasteiger partial charge in [0.1, 0.15) is 12.1 Å². The van der Waals surface area contributed by atoms with Crippen LogP contribution in [-0.4, -0.2) is 46.4 Å². The van der Waals surface area contributed by atoms with Crippen LogP contribution < -0.4 is 10.6 Å². The van der Waals surface area contributed by atoms with Gasteiger partial charge in [-0.3, -0.25) is 14.5 Å². The minimum absolute atomic E-state index is 0.0296. The number of benzene rings is 1. The van der Waals surface area contributed by atoms with Crippen molar-refractivity contribution in [1.29, 1.82) is 0 Å². The lowest BCUT2D eigenvalue weighted by Gasteiger charge is -2.43. The summed E-state index contributed by atoms with van der Waals surface area (Å²) in [6, 6.07) is 7.56. The van der Waals surface area contributed by atoms with E-state index in [4.69, 9.17) is 0 Å². The Kier molecular flexibility index (Phi) is 5.08. The summed E-state index contributed by atoms with van der Waals surface area (Å²) >= 11 is 0. The van der Waals surface area contributed by atoms with E-state index in [1.54, 1.807) is 0 Å². The minimum Gasteiger partial charge on any atom is -0.361 e. The predicted molar refractivity (Wildman–Crippen MR) is 115 cm³/mol. The van der Waals surface area contributed by atoms with Gasteiger partial charge in [-0.2, -0.15) is 0 Å². The SMILES string of the molecule is C[C@H]1CC(C)(C)C[C@]2(C1)NC(=O)N(CC(=O)NCCc1c[nH]c3ccccc13)C2=O. The normalized spacial score (nSPS) is 25.7. The van der Waals surface area contributed by atoms with Crippen LogP contribution in [0.15, 0.2) is 30.5 Å². The molecule has 2 heterocycles. The molecule has 160 valence electrons. The van der Waals surface area contributed by atoms with Gasteiger partial charge in [0.25, 0.3) is 5.91 Å². The molecule has 0 bridgehead atoms. The van der Waals surface area contributed by atoms with Crippen LogP contribution >= 0.6 is 0 Å². The predicted octanol–water partition coefficient (Wildman–Crippen LogP) is 2.96. The first-order valence-electron chi connectivity index (χ1n) is 10.6. The van der Waals surface area contributed by atoms with E-state index in [1.807, 2.05) is 30.5 Å². The van der Waals surface area contributed by atoms with Crippen LogP contribution in [0.3, 0.4) is 0 Å². The lowest BCUT2D eigenvalue weighted by Crippen LogP contribution is -2.54. The number of aromatic nitrogens is 1. The highest BCUT2D eigenvalue weighted by molar-refractivity contribution is 6.09. The second kappa shape index (κ2) is 7.45. The first kappa shape index (κ1) is 20.4. The molecule has 0 radical (unpaired) electrons. The van der Waals surface area contributed by atoms with Gasteiger partial charge >= 0.3 is 6.03 Å². The van der Waals surface area contributed by atoms with E-state index in [0.717, 1.165) is 27.8 Å². The van der Waals surface area contributed by atoms with Gasteiger partial charge in [0.15, 0.2) is 0 Å². The average molecular weight is 411 g/mol. The van der Waals surface area contributed by atoms with Gasteiger partial charge < -0.3 is 15.6 Å². The number of urea groups is 1. The first-order chi connectivity index (χ1) is 14.2. The number of fused-ring (bicyclic) bond motifs is 1. The number of carbonyl (C=O) groups is 3. The van der Waals surface area contributed by atoms with Crippen molar-refractivity contribution in [3.8, 4) is 0 Å². The van der Waals surface area contributed by atoms with E-state index >= 15 is 0 Å². The third-order valence-electron chi connectivity index (χ3n) is 6.32. The van der Waals surface area contributed by atoms with E-state index in [9.17, 15) is 14.4 Å². The van der Waals surface area contributed by atoms with Gasteiger partial charge in [-0.15, -0.1) is 0 Å². The molecule has 7 heteroatoms. The summed E-state index contributed by atoms with van der Waals surface area (Å²) < 4.78 is 0. The number of carbonyl (C=O) groups excluding carboxylic acids is 3. The highest BCUT2D eigenvalue weighted by Gasteiger charge is 2.56. The van der Waals surface area contributed by atoms with Crippen molar-refractivity contribution in [1.82, 2.24) is 20.5 Å². The van der Waals surface area contributed by atoms with Gasteiger partial charge in [-0.1, -0.05) is 39.0 Å². The lowest BCUT2D eigenvalue weighted by molar-refractivity contribution is -0.137. The number of H-pyrrole nitrogens is 1. The molecule has 1 aliphatic carbocycles. The van der Waals surface area contributed by atoms with Crippen molar-refractivity contribution in [2.45, 2.75) is 52.0 Å². The third-order valence-corrected chi connectivity index (χ3v) is 6.32. The van der Waals surface area contributed by atoms with Crippen LogP contribution in [0, 0.1) is 11.3 Å². The van der Waals surface area contributed by atoms with E-state index in [0.29, 0.717) is 31.7 Å². The number of aromatic amines is 1. The summed E-state index contributed by atoms with van der Waals surface area (Å²) in [6.45, 7) is 6.57. The molecule has 7 nitrogen and oxygen atoms in total. The van der Waals surface area contributed by atoms with E-state index in [2.05, 4.69) is 36.4 Å². The second-order valence-corrected chi connectivity index (χ2v) is 9.72. The summed E-state index contributed by atoms with van der Waals surface area (Å²) in [7, 11) is 0. The Labute approximate surface area is 176 Å². The minimum atomic E-state index is -0.872. The monoisotopic (exact) mass is 410 g/mol. The Morgan fingerprint density at radius 2 is 2.00 bits per heavy atom. The van der Waals surface area contributed by atoms with E-state index < -0.39 is 11.6 Å². The number of nitrogens with zero attached hydrogens (tertiary/aromatic N) is 1. The summed E-state index contributed by atoms with van der Waals surface area (Å²) in [4.78, 5) is 42.4. The Morgan fingerprint density at radius 1 is 1.23 bits per heavy atom.